The smallest absolute Gasteiger partial charge is 0.235 e. The quantitative estimate of drug-likeness (QED) is 0.824. The fraction of sp³-hybridized carbons (Fsp3) is 0.333. The second-order valence-corrected chi connectivity index (χ2v) is 5.32. The van der Waals surface area contributed by atoms with E-state index in [4.69, 9.17) is 16.3 Å². The van der Waals surface area contributed by atoms with E-state index in [1.807, 2.05) is 12.1 Å². The Balaban J connectivity index is 3.09. The van der Waals surface area contributed by atoms with Gasteiger partial charge in [-0.1, -0.05) is 11.8 Å². The second-order valence-electron chi connectivity index (χ2n) is 3.99. The number of nitrogens with zero attached hydrogens (tertiary/aromatic N) is 4. The van der Waals surface area contributed by atoms with Crippen LogP contribution in [0.15, 0.2) is 11.1 Å². The largest absolute Gasteiger partial charge is 0.383 e. The molecule has 0 fully saturated rings. The van der Waals surface area contributed by atoms with Gasteiger partial charge in [0.1, 0.15) is 23.0 Å². The van der Waals surface area contributed by atoms with Gasteiger partial charge in [0.25, 0.3) is 0 Å². The molecule has 1 aromatic rings. The number of amides is 1. The number of thioether (sulfide) groups is 1. The lowest BCUT2D eigenvalue weighted by Crippen LogP contribution is -2.29. The molecule has 0 saturated heterocycles. The average Bonchev–Trinajstić information content (AvgIpc) is 2.37. The van der Waals surface area contributed by atoms with E-state index in [1.54, 1.807) is 21.0 Å². The summed E-state index contributed by atoms with van der Waals surface area (Å²) >= 11 is 1.15. The fourth-order valence-electron chi connectivity index (χ4n) is 1.35. The monoisotopic (exact) mass is 275 g/mol. The molecule has 7 heteroatoms. The summed E-state index contributed by atoms with van der Waals surface area (Å²) in [6.45, 7) is 1.73. The normalized spacial score (nSPS) is 11.2. The minimum Gasteiger partial charge on any atom is -0.383 e. The van der Waals surface area contributed by atoms with E-state index in [9.17, 15) is 4.79 Å². The number of anilines is 1. The van der Waals surface area contributed by atoms with E-state index >= 15 is 0 Å². The van der Waals surface area contributed by atoms with Gasteiger partial charge < -0.3 is 10.6 Å². The van der Waals surface area contributed by atoms with Crippen molar-refractivity contribution in [2.45, 2.75) is 17.2 Å². The van der Waals surface area contributed by atoms with Gasteiger partial charge in [-0.3, -0.25) is 4.79 Å². The number of rotatable bonds is 3. The van der Waals surface area contributed by atoms with Gasteiger partial charge in [-0.25, -0.2) is 4.98 Å². The molecule has 1 heterocycles. The van der Waals surface area contributed by atoms with Gasteiger partial charge in [0.05, 0.1) is 16.4 Å². The molecule has 1 rings (SSSR count). The first kappa shape index (κ1) is 14.8. The van der Waals surface area contributed by atoms with Crippen molar-refractivity contribution in [3.63, 3.8) is 0 Å². The SMILES string of the molecule is C[C@@H](Sc1nc(N)c(C#N)cc1C#N)C(=O)N(C)C. The molecular formula is C12H13N5OS. The highest BCUT2D eigenvalue weighted by atomic mass is 32.2. The van der Waals surface area contributed by atoms with Crippen molar-refractivity contribution in [3.8, 4) is 12.1 Å². The van der Waals surface area contributed by atoms with Crippen LogP contribution in [0.2, 0.25) is 0 Å². The van der Waals surface area contributed by atoms with E-state index in [2.05, 4.69) is 4.98 Å². The number of pyridine rings is 1. The summed E-state index contributed by atoms with van der Waals surface area (Å²) in [5, 5.41) is 17.8. The summed E-state index contributed by atoms with van der Waals surface area (Å²) in [7, 11) is 3.32. The van der Waals surface area contributed by atoms with Crippen LogP contribution < -0.4 is 5.73 Å². The molecule has 98 valence electrons. The highest BCUT2D eigenvalue weighted by molar-refractivity contribution is 8.00. The number of nitriles is 2. The fourth-order valence-corrected chi connectivity index (χ4v) is 2.38. The predicted octanol–water partition coefficient (Wildman–Crippen LogP) is 0.976. The molecule has 0 unspecified atom stereocenters. The van der Waals surface area contributed by atoms with Crippen molar-refractivity contribution in [1.29, 1.82) is 10.5 Å². The van der Waals surface area contributed by atoms with E-state index in [0.717, 1.165) is 11.8 Å². The number of hydrogen-bond donors (Lipinski definition) is 1. The Labute approximate surface area is 115 Å². The Hall–Kier alpha value is -2.25. The third-order valence-corrected chi connectivity index (χ3v) is 3.42. The Morgan fingerprint density at radius 3 is 2.47 bits per heavy atom. The Kier molecular flexibility index (Phi) is 4.74. The summed E-state index contributed by atoms with van der Waals surface area (Å²) in [5.41, 5.74) is 6.02. The van der Waals surface area contributed by atoms with E-state index in [1.165, 1.54) is 11.0 Å². The van der Waals surface area contributed by atoms with Crippen LogP contribution in [0.25, 0.3) is 0 Å². The first-order valence-corrected chi connectivity index (χ1v) is 6.27. The van der Waals surface area contributed by atoms with Crippen LogP contribution in [0.5, 0.6) is 0 Å². The summed E-state index contributed by atoms with van der Waals surface area (Å²) in [6, 6.07) is 5.21. The standard InChI is InChI=1S/C12H13N5OS/c1-7(12(18)17(2)3)19-11-9(6-14)4-8(5-13)10(15)16-11/h4,7H,1-3H3,(H2,15,16)/t7-/m1/s1. The molecule has 6 nitrogen and oxygen atoms in total. The van der Waals surface area contributed by atoms with Gasteiger partial charge in [0.15, 0.2) is 0 Å². The molecule has 1 atom stereocenters. The number of aromatic nitrogens is 1. The van der Waals surface area contributed by atoms with Gasteiger partial charge in [-0.15, -0.1) is 0 Å². The molecule has 0 aromatic carbocycles. The predicted molar refractivity (Wildman–Crippen MR) is 72.1 cm³/mol. The molecular weight excluding hydrogens is 262 g/mol. The van der Waals surface area contributed by atoms with Crippen molar-refractivity contribution in [2.24, 2.45) is 0 Å². The molecule has 0 aliphatic rings. The van der Waals surface area contributed by atoms with Crippen LogP contribution in [0.1, 0.15) is 18.1 Å². The lowest BCUT2D eigenvalue weighted by Gasteiger charge is -2.16. The summed E-state index contributed by atoms with van der Waals surface area (Å²) < 4.78 is 0. The first-order chi connectivity index (χ1) is 8.90. The zero-order chi connectivity index (χ0) is 14.6. The van der Waals surface area contributed by atoms with Gasteiger partial charge in [-0.2, -0.15) is 10.5 Å². The Morgan fingerprint density at radius 1 is 1.42 bits per heavy atom. The second kappa shape index (κ2) is 6.07. The lowest BCUT2D eigenvalue weighted by molar-refractivity contribution is -0.127. The number of carbonyl (C=O) groups is 1. The van der Waals surface area contributed by atoms with Crippen LogP contribution in [0.3, 0.4) is 0 Å². The van der Waals surface area contributed by atoms with Gasteiger partial charge in [-0.05, 0) is 13.0 Å². The summed E-state index contributed by atoms with van der Waals surface area (Å²) in [6.07, 6.45) is 0. The van der Waals surface area contributed by atoms with Crippen LogP contribution in [-0.2, 0) is 4.79 Å². The van der Waals surface area contributed by atoms with E-state index in [0.29, 0.717) is 5.03 Å². The van der Waals surface area contributed by atoms with E-state index < -0.39 is 0 Å². The molecule has 0 radical (unpaired) electrons. The minimum absolute atomic E-state index is 0.0634. The molecule has 0 bridgehead atoms. The number of nitrogens with two attached hydrogens (primary N) is 1. The van der Waals surface area contributed by atoms with Gasteiger partial charge in [0.2, 0.25) is 5.91 Å². The molecule has 0 saturated carbocycles. The molecule has 0 aliphatic heterocycles. The zero-order valence-corrected chi connectivity index (χ0v) is 11.7. The van der Waals surface area contributed by atoms with E-state index in [-0.39, 0.29) is 28.1 Å². The summed E-state index contributed by atoms with van der Waals surface area (Å²) in [4.78, 5) is 17.3. The zero-order valence-electron chi connectivity index (χ0n) is 10.8. The number of carbonyl (C=O) groups excluding carboxylic acids is 1. The van der Waals surface area contributed by atoms with Crippen molar-refractivity contribution >= 4 is 23.5 Å². The molecule has 0 spiro atoms. The van der Waals surface area contributed by atoms with Crippen molar-refractivity contribution in [1.82, 2.24) is 9.88 Å². The number of hydrogen-bond acceptors (Lipinski definition) is 6. The van der Waals surface area contributed by atoms with Crippen LogP contribution in [-0.4, -0.2) is 35.1 Å². The van der Waals surface area contributed by atoms with Gasteiger partial charge in [0, 0.05) is 14.1 Å². The topological polar surface area (TPSA) is 107 Å². The highest BCUT2D eigenvalue weighted by Crippen LogP contribution is 2.27. The van der Waals surface area contributed by atoms with Crippen LogP contribution >= 0.6 is 11.8 Å². The first-order valence-electron chi connectivity index (χ1n) is 5.39. The maximum atomic E-state index is 11.8. The Bertz CT molecular complexity index is 585. The molecule has 1 aromatic heterocycles. The van der Waals surface area contributed by atoms with Gasteiger partial charge >= 0.3 is 0 Å². The Morgan fingerprint density at radius 2 is 2.00 bits per heavy atom. The maximum Gasteiger partial charge on any atom is 0.235 e. The molecule has 2 N–H and O–H groups in total. The number of nitrogen functional groups attached to an aromatic ring is 1. The lowest BCUT2D eigenvalue weighted by atomic mass is 10.2. The minimum atomic E-state index is -0.387. The van der Waals surface area contributed by atoms with Crippen molar-refractivity contribution < 1.29 is 4.79 Å². The highest BCUT2D eigenvalue weighted by Gasteiger charge is 2.20. The van der Waals surface area contributed by atoms with Crippen LogP contribution in [0, 0.1) is 22.7 Å². The van der Waals surface area contributed by atoms with Crippen molar-refractivity contribution in [2.75, 3.05) is 19.8 Å². The molecule has 0 aliphatic carbocycles. The summed E-state index contributed by atoms with van der Waals surface area (Å²) in [5.74, 6) is -0.0212. The third kappa shape index (κ3) is 3.36. The third-order valence-electron chi connectivity index (χ3n) is 2.33. The molecule has 19 heavy (non-hydrogen) atoms. The average molecular weight is 275 g/mol. The van der Waals surface area contributed by atoms with Crippen LogP contribution in [0.4, 0.5) is 5.82 Å². The van der Waals surface area contributed by atoms with Crippen molar-refractivity contribution in [3.05, 3.63) is 17.2 Å². The molecule has 1 amide bonds. The maximum absolute atomic E-state index is 11.8.